The molecule has 0 saturated carbocycles. The number of alkyl halides is 3. The Morgan fingerprint density at radius 1 is 1.04 bits per heavy atom. The van der Waals surface area contributed by atoms with Crippen molar-refractivity contribution in [3.63, 3.8) is 0 Å². The molecule has 1 N–H and O–H groups in total. The van der Waals surface area contributed by atoms with Gasteiger partial charge in [-0.05, 0) is 25.1 Å². The molecule has 0 aliphatic carbocycles. The first kappa shape index (κ1) is 20.3. The summed E-state index contributed by atoms with van der Waals surface area (Å²) in [6, 6.07) is 11.3. The van der Waals surface area contributed by atoms with Gasteiger partial charge in [-0.3, -0.25) is 9.59 Å². The number of amides is 1. The van der Waals surface area contributed by atoms with Crippen LogP contribution in [0.3, 0.4) is 0 Å². The molecular formula is C19H18F3NO4. The normalized spacial score (nSPS) is 11.0. The lowest BCUT2D eigenvalue weighted by atomic mass is 10.1. The summed E-state index contributed by atoms with van der Waals surface area (Å²) in [5.74, 6) is -1.04. The number of carbonyl (C=O) groups is 2. The minimum Gasteiger partial charge on any atom is -0.493 e. The maximum Gasteiger partial charge on any atom is 0.416 e. The Bertz CT molecular complexity index is 806. The molecular weight excluding hydrogens is 363 g/mol. The Hall–Kier alpha value is -3.03. The molecule has 0 unspecified atom stereocenters. The third-order valence-corrected chi connectivity index (χ3v) is 3.54. The van der Waals surface area contributed by atoms with Crippen LogP contribution in [0.15, 0.2) is 48.5 Å². The van der Waals surface area contributed by atoms with Gasteiger partial charge in [-0.1, -0.05) is 30.3 Å². The van der Waals surface area contributed by atoms with Gasteiger partial charge >= 0.3 is 12.1 Å². The van der Waals surface area contributed by atoms with Gasteiger partial charge in [0.15, 0.2) is 0 Å². The molecule has 0 spiro atoms. The van der Waals surface area contributed by atoms with Crippen LogP contribution < -0.4 is 10.1 Å². The van der Waals surface area contributed by atoms with E-state index in [1.807, 2.05) is 0 Å². The van der Waals surface area contributed by atoms with Gasteiger partial charge in [0.05, 0.1) is 17.7 Å². The smallest absolute Gasteiger partial charge is 0.416 e. The molecule has 2 aromatic rings. The highest BCUT2D eigenvalue weighted by Crippen LogP contribution is 2.32. The molecule has 0 saturated heterocycles. The van der Waals surface area contributed by atoms with Gasteiger partial charge in [0, 0.05) is 5.56 Å². The third kappa shape index (κ3) is 5.73. The Morgan fingerprint density at radius 3 is 2.41 bits per heavy atom. The summed E-state index contributed by atoms with van der Waals surface area (Å²) in [5, 5.41) is 2.36. The molecule has 0 fully saturated rings. The molecule has 27 heavy (non-hydrogen) atoms. The van der Waals surface area contributed by atoms with Gasteiger partial charge in [0.25, 0.3) is 5.91 Å². The van der Waals surface area contributed by atoms with E-state index in [1.54, 1.807) is 25.1 Å². The topological polar surface area (TPSA) is 64.6 Å². The fourth-order valence-corrected chi connectivity index (χ4v) is 2.32. The van der Waals surface area contributed by atoms with Crippen LogP contribution in [-0.4, -0.2) is 25.0 Å². The highest BCUT2D eigenvalue weighted by atomic mass is 19.4. The first-order valence-corrected chi connectivity index (χ1v) is 8.13. The number of benzene rings is 2. The van der Waals surface area contributed by atoms with E-state index >= 15 is 0 Å². The van der Waals surface area contributed by atoms with E-state index in [0.29, 0.717) is 12.4 Å². The van der Waals surface area contributed by atoms with Gasteiger partial charge in [-0.25, -0.2) is 0 Å². The number of halogens is 3. The van der Waals surface area contributed by atoms with Crippen molar-refractivity contribution in [2.75, 3.05) is 13.2 Å². The number of rotatable bonds is 7. The van der Waals surface area contributed by atoms with Crippen LogP contribution in [-0.2, 0) is 22.3 Å². The Morgan fingerprint density at radius 2 is 1.70 bits per heavy atom. The molecule has 2 aromatic carbocycles. The summed E-state index contributed by atoms with van der Waals surface area (Å²) < 4.78 is 48.9. The largest absolute Gasteiger partial charge is 0.493 e. The molecule has 144 valence electrons. The van der Waals surface area contributed by atoms with Crippen molar-refractivity contribution in [2.24, 2.45) is 0 Å². The second-order valence-electron chi connectivity index (χ2n) is 5.43. The second-order valence-corrected chi connectivity index (χ2v) is 5.43. The van der Waals surface area contributed by atoms with Crippen molar-refractivity contribution in [1.82, 2.24) is 5.32 Å². The first-order valence-electron chi connectivity index (χ1n) is 8.13. The lowest BCUT2D eigenvalue weighted by Crippen LogP contribution is -2.31. The molecule has 0 aliphatic heterocycles. The van der Waals surface area contributed by atoms with Crippen LogP contribution in [0.5, 0.6) is 5.75 Å². The minimum absolute atomic E-state index is 0.161. The highest BCUT2D eigenvalue weighted by Gasteiger charge is 2.33. The number of para-hydroxylation sites is 1. The van der Waals surface area contributed by atoms with E-state index < -0.39 is 36.8 Å². The molecule has 0 aromatic heterocycles. The molecule has 0 aliphatic rings. The number of hydrogen-bond donors (Lipinski definition) is 1. The SMILES string of the molecule is CCOc1ccccc1C(=O)NCC(=O)OCc1ccccc1C(F)(F)F. The molecule has 2 rings (SSSR count). The van der Waals surface area contributed by atoms with Gasteiger partial charge in [-0.2, -0.15) is 13.2 Å². The number of esters is 1. The standard InChI is InChI=1S/C19H18F3NO4/c1-2-26-16-10-6-4-8-14(16)18(25)23-11-17(24)27-12-13-7-3-5-9-15(13)19(20,21)22/h3-10H,2,11-12H2,1H3,(H,23,25). The zero-order chi connectivity index (χ0) is 19.9. The second kappa shape index (κ2) is 9.07. The lowest BCUT2D eigenvalue weighted by molar-refractivity contribution is -0.146. The molecule has 0 heterocycles. The monoisotopic (exact) mass is 381 g/mol. The maximum absolute atomic E-state index is 12.9. The van der Waals surface area contributed by atoms with Crippen molar-refractivity contribution in [3.05, 3.63) is 65.2 Å². The van der Waals surface area contributed by atoms with Crippen LogP contribution in [0.2, 0.25) is 0 Å². The van der Waals surface area contributed by atoms with E-state index in [-0.39, 0.29) is 11.1 Å². The van der Waals surface area contributed by atoms with Gasteiger partial charge in [-0.15, -0.1) is 0 Å². The Kier molecular flexibility index (Phi) is 6.81. The highest BCUT2D eigenvalue weighted by molar-refractivity contribution is 5.98. The minimum atomic E-state index is -4.54. The van der Waals surface area contributed by atoms with Gasteiger partial charge in [0.1, 0.15) is 18.9 Å². The fourth-order valence-electron chi connectivity index (χ4n) is 2.32. The van der Waals surface area contributed by atoms with E-state index in [2.05, 4.69) is 5.32 Å². The zero-order valence-electron chi connectivity index (χ0n) is 14.5. The molecule has 0 radical (unpaired) electrons. The van der Waals surface area contributed by atoms with Crippen molar-refractivity contribution < 1.29 is 32.2 Å². The Labute approximate surface area is 154 Å². The predicted octanol–water partition coefficient (Wildman–Crippen LogP) is 3.58. The average molecular weight is 381 g/mol. The van der Waals surface area contributed by atoms with E-state index in [1.165, 1.54) is 24.3 Å². The number of nitrogens with one attached hydrogen (secondary N) is 1. The van der Waals surface area contributed by atoms with Crippen molar-refractivity contribution >= 4 is 11.9 Å². The molecule has 0 atom stereocenters. The van der Waals surface area contributed by atoms with Crippen LogP contribution in [0.4, 0.5) is 13.2 Å². The summed E-state index contributed by atoms with van der Waals surface area (Å²) in [4.78, 5) is 23.9. The van der Waals surface area contributed by atoms with E-state index in [4.69, 9.17) is 9.47 Å². The maximum atomic E-state index is 12.9. The number of ether oxygens (including phenoxy) is 2. The third-order valence-electron chi connectivity index (χ3n) is 3.54. The number of hydrogen-bond acceptors (Lipinski definition) is 4. The van der Waals surface area contributed by atoms with Gasteiger partial charge < -0.3 is 14.8 Å². The van der Waals surface area contributed by atoms with E-state index in [9.17, 15) is 22.8 Å². The van der Waals surface area contributed by atoms with Crippen molar-refractivity contribution in [3.8, 4) is 5.75 Å². The zero-order valence-corrected chi connectivity index (χ0v) is 14.5. The molecule has 5 nitrogen and oxygen atoms in total. The summed E-state index contributed by atoms with van der Waals surface area (Å²) in [5.41, 5.74) is -0.784. The molecule has 8 heteroatoms. The van der Waals surface area contributed by atoms with Crippen LogP contribution in [0, 0.1) is 0 Å². The first-order chi connectivity index (χ1) is 12.8. The molecule has 1 amide bonds. The molecule has 0 bridgehead atoms. The Balaban J connectivity index is 1.92. The van der Waals surface area contributed by atoms with Gasteiger partial charge in [0.2, 0.25) is 0 Å². The van der Waals surface area contributed by atoms with E-state index in [0.717, 1.165) is 6.07 Å². The van der Waals surface area contributed by atoms with Crippen LogP contribution >= 0.6 is 0 Å². The summed E-state index contributed by atoms with van der Waals surface area (Å²) in [6.07, 6.45) is -4.54. The quantitative estimate of drug-likeness (QED) is 0.745. The summed E-state index contributed by atoms with van der Waals surface area (Å²) >= 11 is 0. The number of carbonyl (C=O) groups excluding carboxylic acids is 2. The lowest BCUT2D eigenvalue weighted by Gasteiger charge is -2.13. The predicted molar refractivity (Wildman–Crippen MR) is 91.2 cm³/mol. The van der Waals surface area contributed by atoms with Crippen LogP contribution in [0.1, 0.15) is 28.4 Å². The van der Waals surface area contributed by atoms with Crippen LogP contribution in [0.25, 0.3) is 0 Å². The van der Waals surface area contributed by atoms with Crippen molar-refractivity contribution in [1.29, 1.82) is 0 Å². The average Bonchev–Trinajstić information content (AvgIpc) is 2.64. The summed E-state index contributed by atoms with van der Waals surface area (Å²) in [6.45, 7) is 1.11. The van der Waals surface area contributed by atoms with Crippen molar-refractivity contribution in [2.45, 2.75) is 19.7 Å². The summed E-state index contributed by atoms with van der Waals surface area (Å²) in [7, 11) is 0. The fraction of sp³-hybridized carbons (Fsp3) is 0.263.